The van der Waals surface area contributed by atoms with Gasteiger partial charge in [0, 0.05) is 30.0 Å². The van der Waals surface area contributed by atoms with Gasteiger partial charge in [0.1, 0.15) is 12.5 Å². The summed E-state index contributed by atoms with van der Waals surface area (Å²) in [5.41, 5.74) is 2.04. The van der Waals surface area contributed by atoms with Gasteiger partial charge in [0.2, 0.25) is 5.75 Å². The number of rotatable bonds is 8. The Labute approximate surface area is 203 Å². The van der Waals surface area contributed by atoms with E-state index in [0.29, 0.717) is 23.4 Å². The molecule has 2 N–H and O–H groups in total. The van der Waals surface area contributed by atoms with Crippen LogP contribution in [0, 0.1) is 11.8 Å². The Hall–Kier alpha value is -3.53. The number of ether oxygens (including phenoxy) is 5. The van der Waals surface area contributed by atoms with Crippen LogP contribution in [-0.4, -0.2) is 64.5 Å². The summed E-state index contributed by atoms with van der Waals surface area (Å²) in [5, 5.41) is 13.6. The summed E-state index contributed by atoms with van der Waals surface area (Å²) in [4.78, 5) is 39.5. The molecule has 0 spiro atoms. The van der Waals surface area contributed by atoms with Gasteiger partial charge in [0.15, 0.2) is 17.3 Å². The quantitative estimate of drug-likeness (QED) is 0.318. The van der Waals surface area contributed by atoms with E-state index < -0.39 is 29.6 Å². The van der Waals surface area contributed by atoms with E-state index in [1.165, 1.54) is 40.6 Å². The van der Waals surface area contributed by atoms with Gasteiger partial charge in [-0.05, 0) is 37.0 Å². The maximum absolute atomic E-state index is 13.8. The number of phenols is 1. The van der Waals surface area contributed by atoms with Crippen LogP contribution in [0.2, 0.25) is 0 Å². The number of hydrogen-bond acceptors (Lipinski definition) is 10. The maximum Gasteiger partial charge on any atom is 0.336 e. The fourth-order valence-electron chi connectivity index (χ4n) is 4.66. The van der Waals surface area contributed by atoms with Crippen LogP contribution < -0.4 is 14.8 Å². The fraction of sp³-hybridized carbons (Fsp3) is 0.480. The van der Waals surface area contributed by atoms with Gasteiger partial charge in [-0.25, -0.2) is 4.79 Å². The van der Waals surface area contributed by atoms with Crippen LogP contribution in [0.1, 0.15) is 31.7 Å². The molecule has 0 saturated carbocycles. The number of aromatic hydroxyl groups is 1. The molecule has 0 saturated heterocycles. The number of nitrogens with one attached hydrogen (secondary N) is 1. The first-order valence-corrected chi connectivity index (χ1v) is 11.1. The molecule has 1 aliphatic carbocycles. The lowest BCUT2D eigenvalue weighted by molar-refractivity contribution is -0.151. The highest BCUT2D eigenvalue weighted by Gasteiger charge is 2.47. The molecule has 190 valence electrons. The summed E-state index contributed by atoms with van der Waals surface area (Å²) in [7, 11) is 5.49. The van der Waals surface area contributed by atoms with Crippen molar-refractivity contribution in [3.8, 4) is 17.2 Å². The average molecular weight is 490 g/mol. The second-order valence-corrected chi connectivity index (χ2v) is 8.44. The standard InChI is InChI=1S/C25H31NO9/c1-12-9-15-21(23(28)18(12)24(29)34-6)20(14-10-16(32-4)22(27)17(11-14)33-5)19(13(2)26-15)25(30)35-8-7-31-3/h10-12,18,20,26-27H,7-9H2,1-6H3/t12-,18-,20+/m1/s1. The van der Waals surface area contributed by atoms with E-state index in [4.69, 9.17) is 23.7 Å². The number of carbonyl (C=O) groups is 3. The number of phenolic OH excluding ortho intramolecular Hbond substituents is 1. The predicted octanol–water partition coefficient (Wildman–Crippen LogP) is 2.21. The van der Waals surface area contributed by atoms with Crippen LogP contribution in [0.5, 0.6) is 17.2 Å². The fourth-order valence-corrected chi connectivity index (χ4v) is 4.66. The van der Waals surface area contributed by atoms with Gasteiger partial charge in [-0.2, -0.15) is 0 Å². The van der Waals surface area contributed by atoms with Crippen molar-refractivity contribution in [1.29, 1.82) is 0 Å². The topological polar surface area (TPSA) is 130 Å². The average Bonchev–Trinajstić information content (AvgIpc) is 2.83. The monoisotopic (exact) mass is 489 g/mol. The molecule has 1 heterocycles. The molecule has 0 unspecified atom stereocenters. The molecule has 2 aliphatic rings. The molecule has 10 nitrogen and oxygen atoms in total. The minimum Gasteiger partial charge on any atom is -0.502 e. The number of methoxy groups -OCH3 is 4. The largest absolute Gasteiger partial charge is 0.502 e. The lowest BCUT2D eigenvalue weighted by atomic mass is 9.69. The molecule has 0 fully saturated rings. The molecule has 3 rings (SSSR count). The molecule has 0 radical (unpaired) electrons. The van der Waals surface area contributed by atoms with Gasteiger partial charge in [-0.3, -0.25) is 9.59 Å². The van der Waals surface area contributed by atoms with Gasteiger partial charge in [0.05, 0.1) is 33.5 Å². The van der Waals surface area contributed by atoms with Gasteiger partial charge < -0.3 is 34.1 Å². The van der Waals surface area contributed by atoms with Crippen molar-refractivity contribution in [1.82, 2.24) is 5.32 Å². The van der Waals surface area contributed by atoms with Crippen molar-refractivity contribution in [2.75, 3.05) is 41.7 Å². The Bertz CT molecular complexity index is 1060. The number of hydrogen-bond donors (Lipinski definition) is 2. The zero-order valence-electron chi connectivity index (χ0n) is 20.7. The number of allylic oxidation sites excluding steroid dienone is 3. The summed E-state index contributed by atoms with van der Waals surface area (Å²) < 4.78 is 25.9. The van der Waals surface area contributed by atoms with Crippen LogP contribution in [0.15, 0.2) is 34.7 Å². The number of ketones is 1. The molecule has 1 aliphatic heterocycles. The molecular formula is C25H31NO9. The minimum absolute atomic E-state index is 0.0166. The Kier molecular flexibility index (Phi) is 8.06. The van der Waals surface area contributed by atoms with E-state index in [2.05, 4.69) is 5.32 Å². The number of dihydropyridines is 1. The molecule has 3 atom stereocenters. The first kappa shape index (κ1) is 26.1. The SMILES string of the molecule is COCCOC(=O)C1=C(C)NC2=C(C(=O)[C@H](C(=O)OC)[C@H](C)C2)[C@H]1c1cc(OC)c(O)c(OC)c1. The Morgan fingerprint density at radius 2 is 1.71 bits per heavy atom. The molecule has 0 aromatic heterocycles. The normalized spacial score (nSPS) is 21.8. The van der Waals surface area contributed by atoms with E-state index in [1.54, 1.807) is 13.8 Å². The van der Waals surface area contributed by atoms with Crippen LogP contribution in [-0.2, 0) is 28.6 Å². The molecule has 10 heteroatoms. The Morgan fingerprint density at radius 3 is 2.26 bits per heavy atom. The van der Waals surface area contributed by atoms with Crippen molar-refractivity contribution in [3.05, 3.63) is 40.2 Å². The zero-order chi connectivity index (χ0) is 25.9. The number of Topliss-reactive ketones (excluding diaryl/α,β-unsaturated/α-hetero) is 1. The molecule has 1 aromatic carbocycles. The second kappa shape index (κ2) is 10.8. The molecule has 1 aromatic rings. The summed E-state index contributed by atoms with van der Waals surface area (Å²) in [6.45, 7) is 3.74. The summed E-state index contributed by atoms with van der Waals surface area (Å²) in [6.07, 6.45) is 0.396. The smallest absolute Gasteiger partial charge is 0.336 e. The third kappa shape index (κ3) is 4.84. The first-order chi connectivity index (χ1) is 16.7. The van der Waals surface area contributed by atoms with E-state index in [9.17, 15) is 19.5 Å². The predicted molar refractivity (Wildman–Crippen MR) is 124 cm³/mol. The lowest BCUT2D eigenvalue weighted by Crippen LogP contribution is -2.43. The molecular weight excluding hydrogens is 458 g/mol. The van der Waals surface area contributed by atoms with Crippen molar-refractivity contribution < 1.29 is 43.2 Å². The van der Waals surface area contributed by atoms with Crippen LogP contribution in [0.25, 0.3) is 0 Å². The van der Waals surface area contributed by atoms with Crippen LogP contribution in [0.4, 0.5) is 0 Å². The summed E-state index contributed by atoms with van der Waals surface area (Å²) >= 11 is 0. The number of esters is 2. The highest BCUT2D eigenvalue weighted by atomic mass is 16.6. The second-order valence-electron chi connectivity index (χ2n) is 8.44. The summed E-state index contributed by atoms with van der Waals surface area (Å²) in [6, 6.07) is 3.07. The third-order valence-electron chi connectivity index (χ3n) is 6.32. The number of benzene rings is 1. The Morgan fingerprint density at radius 1 is 1.09 bits per heavy atom. The number of carbonyl (C=O) groups excluding carboxylic acids is 3. The van der Waals surface area contributed by atoms with E-state index in [0.717, 1.165) is 0 Å². The highest BCUT2D eigenvalue weighted by molar-refractivity contribution is 6.12. The minimum atomic E-state index is -1.02. The first-order valence-electron chi connectivity index (χ1n) is 11.1. The molecule has 0 amide bonds. The van der Waals surface area contributed by atoms with E-state index >= 15 is 0 Å². The van der Waals surface area contributed by atoms with Crippen molar-refractivity contribution in [2.24, 2.45) is 11.8 Å². The van der Waals surface area contributed by atoms with E-state index in [-0.39, 0.29) is 47.5 Å². The Balaban J connectivity index is 2.23. The van der Waals surface area contributed by atoms with Crippen molar-refractivity contribution in [2.45, 2.75) is 26.2 Å². The molecule has 0 bridgehead atoms. The van der Waals surface area contributed by atoms with Gasteiger partial charge >= 0.3 is 11.9 Å². The van der Waals surface area contributed by atoms with Crippen molar-refractivity contribution in [3.63, 3.8) is 0 Å². The van der Waals surface area contributed by atoms with Gasteiger partial charge in [0.25, 0.3) is 0 Å². The highest BCUT2D eigenvalue weighted by Crippen LogP contribution is 2.48. The zero-order valence-corrected chi connectivity index (χ0v) is 20.7. The maximum atomic E-state index is 13.8. The summed E-state index contributed by atoms with van der Waals surface area (Å²) in [5.74, 6) is -3.97. The van der Waals surface area contributed by atoms with Crippen molar-refractivity contribution >= 4 is 17.7 Å². The third-order valence-corrected chi connectivity index (χ3v) is 6.32. The van der Waals surface area contributed by atoms with Crippen LogP contribution in [0.3, 0.4) is 0 Å². The van der Waals surface area contributed by atoms with Gasteiger partial charge in [-0.15, -0.1) is 0 Å². The lowest BCUT2D eigenvalue weighted by Gasteiger charge is -2.38. The van der Waals surface area contributed by atoms with Gasteiger partial charge in [-0.1, -0.05) is 6.92 Å². The molecule has 35 heavy (non-hydrogen) atoms. The van der Waals surface area contributed by atoms with E-state index in [1.807, 2.05) is 0 Å². The van der Waals surface area contributed by atoms with Crippen LogP contribution >= 0.6 is 0 Å².